The van der Waals surface area contributed by atoms with Crippen molar-refractivity contribution >= 4 is 12.6 Å². The summed E-state index contributed by atoms with van der Waals surface area (Å²) in [6.07, 6.45) is 1.22. The van der Waals surface area contributed by atoms with Crippen LogP contribution in [0.2, 0.25) is 0 Å². The number of hydrogen-bond acceptors (Lipinski definition) is 4. The van der Waals surface area contributed by atoms with Gasteiger partial charge < -0.3 is 19.9 Å². The lowest BCUT2D eigenvalue weighted by Crippen LogP contribution is -2.36. The molecule has 0 radical (unpaired) electrons. The minimum atomic E-state index is -2.57. The maximum absolute atomic E-state index is 13.4. The second-order valence-electron chi connectivity index (χ2n) is 3.61. The molecule has 18 heavy (non-hydrogen) atoms. The van der Waals surface area contributed by atoms with Gasteiger partial charge in [0, 0.05) is 0 Å². The van der Waals surface area contributed by atoms with E-state index in [0.717, 1.165) is 0 Å². The van der Waals surface area contributed by atoms with Crippen molar-refractivity contribution in [1.29, 1.82) is 0 Å². The highest BCUT2D eigenvalue weighted by Gasteiger charge is 2.31. The first-order chi connectivity index (χ1) is 8.41. The quantitative estimate of drug-likeness (QED) is 0.415. The molecular weight excluding hydrogens is 252 g/mol. The van der Waals surface area contributed by atoms with Gasteiger partial charge in [0.25, 0.3) is 0 Å². The van der Waals surface area contributed by atoms with Crippen LogP contribution in [0.3, 0.4) is 0 Å². The second-order valence-corrected chi connectivity index (χ2v) is 3.61. The van der Waals surface area contributed by atoms with Crippen LogP contribution >= 0.6 is 0 Å². The van der Waals surface area contributed by atoms with E-state index in [-0.39, 0.29) is 6.61 Å². The van der Waals surface area contributed by atoms with Crippen molar-refractivity contribution in [2.24, 2.45) is 0 Å². The molecule has 4 nitrogen and oxygen atoms in total. The van der Waals surface area contributed by atoms with Crippen LogP contribution in [-0.2, 0) is 0 Å². The molecule has 0 unspecified atom stereocenters. The number of benzene rings is 1. The third kappa shape index (κ3) is 2.70. The van der Waals surface area contributed by atoms with Crippen molar-refractivity contribution in [3.63, 3.8) is 0 Å². The molecule has 100 valence electrons. The number of ether oxygens (including phenoxy) is 1. The van der Waals surface area contributed by atoms with E-state index in [9.17, 15) is 18.3 Å². The van der Waals surface area contributed by atoms with E-state index in [1.165, 1.54) is 0 Å². The summed E-state index contributed by atoms with van der Waals surface area (Å²) >= 11 is 0. The van der Waals surface area contributed by atoms with Gasteiger partial charge >= 0.3 is 7.12 Å². The largest absolute Gasteiger partial charge is 0.502 e. The minimum absolute atomic E-state index is 0.0269. The Kier molecular flexibility index (Phi) is 4.86. The van der Waals surface area contributed by atoms with E-state index in [0.29, 0.717) is 12.8 Å². The highest BCUT2D eigenvalue weighted by Crippen LogP contribution is 2.33. The minimum Gasteiger partial charge on any atom is -0.502 e. The first-order valence-corrected chi connectivity index (χ1v) is 5.30. The first-order valence-electron chi connectivity index (χ1n) is 5.30. The molecule has 0 aromatic heterocycles. The monoisotopic (exact) mass is 264 g/mol. The number of rotatable bonds is 5. The second kappa shape index (κ2) is 5.97. The van der Waals surface area contributed by atoms with Crippen LogP contribution in [0.1, 0.15) is 19.8 Å². The molecular formula is C10H12BF3O4. The Hall–Kier alpha value is -1.41. The molecule has 0 saturated carbocycles. The third-order valence-electron chi connectivity index (χ3n) is 2.29. The number of phenols is 1. The highest BCUT2D eigenvalue weighted by atomic mass is 19.2. The van der Waals surface area contributed by atoms with Crippen molar-refractivity contribution in [2.45, 2.75) is 19.8 Å². The molecule has 3 N–H and O–H groups in total. The number of halogens is 3. The molecule has 0 spiro atoms. The van der Waals surface area contributed by atoms with Gasteiger partial charge in [0.15, 0.2) is 17.4 Å². The molecule has 0 aliphatic carbocycles. The molecule has 0 fully saturated rings. The van der Waals surface area contributed by atoms with Gasteiger partial charge in [0.1, 0.15) is 0 Å². The van der Waals surface area contributed by atoms with Gasteiger partial charge in [-0.25, -0.2) is 8.78 Å². The first kappa shape index (κ1) is 14.7. The Bertz CT molecular complexity index is 411. The lowest BCUT2D eigenvalue weighted by atomic mass is 9.79. The number of hydrogen-bond donors (Lipinski definition) is 3. The van der Waals surface area contributed by atoms with Crippen molar-refractivity contribution in [2.75, 3.05) is 6.61 Å². The zero-order valence-corrected chi connectivity index (χ0v) is 9.58. The Morgan fingerprint density at radius 1 is 1.11 bits per heavy atom. The van der Waals surface area contributed by atoms with Gasteiger partial charge in [0.2, 0.25) is 11.6 Å². The van der Waals surface area contributed by atoms with Crippen LogP contribution in [0.4, 0.5) is 13.2 Å². The molecule has 0 heterocycles. The number of unbranched alkanes of at least 4 members (excludes halogenated alkanes) is 1. The van der Waals surface area contributed by atoms with E-state index in [1.54, 1.807) is 0 Å². The zero-order valence-electron chi connectivity index (χ0n) is 9.58. The van der Waals surface area contributed by atoms with Gasteiger partial charge in [-0.1, -0.05) is 13.3 Å². The Morgan fingerprint density at radius 2 is 1.72 bits per heavy atom. The van der Waals surface area contributed by atoms with E-state index >= 15 is 0 Å². The van der Waals surface area contributed by atoms with Crippen LogP contribution in [0.5, 0.6) is 11.5 Å². The maximum Gasteiger partial charge on any atom is 0.494 e. The Balaban J connectivity index is 3.21. The van der Waals surface area contributed by atoms with Gasteiger partial charge in [-0.2, -0.15) is 4.39 Å². The third-order valence-corrected chi connectivity index (χ3v) is 2.29. The van der Waals surface area contributed by atoms with Crippen LogP contribution in [0, 0.1) is 17.5 Å². The van der Waals surface area contributed by atoms with Crippen molar-refractivity contribution < 1.29 is 33.1 Å². The summed E-state index contributed by atoms with van der Waals surface area (Å²) < 4.78 is 44.9. The van der Waals surface area contributed by atoms with Crippen LogP contribution in [0.25, 0.3) is 0 Å². The zero-order chi connectivity index (χ0) is 13.9. The lowest BCUT2D eigenvalue weighted by Gasteiger charge is -2.13. The predicted molar refractivity (Wildman–Crippen MR) is 58.2 cm³/mol. The molecule has 1 rings (SSSR count). The molecule has 1 aromatic rings. The van der Waals surface area contributed by atoms with Gasteiger partial charge in [-0.3, -0.25) is 0 Å². The van der Waals surface area contributed by atoms with E-state index in [2.05, 4.69) is 0 Å². The summed E-state index contributed by atoms with van der Waals surface area (Å²) in [6.45, 7) is 1.80. The highest BCUT2D eigenvalue weighted by molar-refractivity contribution is 6.58. The smallest absolute Gasteiger partial charge is 0.494 e. The average Bonchev–Trinajstić information content (AvgIpc) is 2.31. The van der Waals surface area contributed by atoms with Gasteiger partial charge in [0.05, 0.1) is 12.1 Å². The molecule has 0 amide bonds. The van der Waals surface area contributed by atoms with Crippen LogP contribution in [0.15, 0.2) is 0 Å². The summed E-state index contributed by atoms with van der Waals surface area (Å²) in [7, 11) is -2.57. The van der Waals surface area contributed by atoms with E-state index in [1.807, 2.05) is 6.92 Å². The summed E-state index contributed by atoms with van der Waals surface area (Å²) in [5.41, 5.74) is -1.35. The molecule has 0 saturated heterocycles. The SMILES string of the molecule is CCCCOc1c(O)c(F)c(B(O)O)c(F)c1F. The molecule has 8 heteroatoms. The standard InChI is InChI=1S/C10H12BF3O4/c1-2-3-4-18-10-8(14)6(12)5(11(16)17)7(13)9(10)15/h15-17H,2-4H2,1H3. The Morgan fingerprint density at radius 3 is 2.22 bits per heavy atom. The fourth-order valence-electron chi connectivity index (χ4n) is 1.32. The predicted octanol–water partition coefficient (Wildman–Crippen LogP) is 0.668. The van der Waals surface area contributed by atoms with Crippen molar-refractivity contribution in [3.05, 3.63) is 17.5 Å². The lowest BCUT2D eigenvalue weighted by molar-refractivity contribution is 0.266. The fourth-order valence-corrected chi connectivity index (χ4v) is 1.32. The summed E-state index contributed by atoms with van der Waals surface area (Å²) in [5, 5.41) is 26.7. The van der Waals surface area contributed by atoms with Gasteiger partial charge in [-0.05, 0) is 6.42 Å². The van der Waals surface area contributed by atoms with Crippen LogP contribution in [-0.4, -0.2) is 28.9 Å². The molecule has 0 aliphatic rings. The van der Waals surface area contributed by atoms with E-state index in [4.69, 9.17) is 14.8 Å². The average molecular weight is 264 g/mol. The fraction of sp³-hybridized carbons (Fsp3) is 0.400. The molecule has 0 aliphatic heterocycles. The molecule has 1 aromatic carbocycles. The summed E-state index contributed by atoms with van der Waals surface area (Å²) in [4.78, 5) is 0. The van der Waals surface area contributed by atoms with E-state index < -0.39 is 41.5 Å². The van der Waals surface area contributed by atoms with Crippen LogP contribution < -0.4 is 10.2 Å². The molecule has 0 bridgehead atoms. The van der Waals surface area contributed by atoms with Crippen molar-refractivity contribution in [3.8, 4) is 11.5 Å². The maximum atomic E-state index is 13.4. The van der Waals surface area contributed by atoms with Crippen molar-refractivity contribution in [1.82, 2.24) is 0 Å². The Labute approximate surface area is 102 Å². The normalized spacial score (nSPS) is 10.6. The topological polar surface area (TPSA) is 69.9 Å². The van der Waals surface area contributed by atoms with Gasteiger partial charge in [-0.15, -0.1) is 0 Å². The molecule has 0 atom stereocenters. The number of aromatic hydroxyl groups is 1. The summed E-state index contributed by atoms with van der Waals surface area (Å²) in [6, 6.07) is 0. The summed E-state index contributed by atoms with van der Waals surface area (Å²) in [5.74, 6) is -7.37. The number of phenolic OH excluding ortho intramolecular Hbond substituents is 1.